The highest BCUT2D eigenvalue weighted by molar-refractivity contribution is 7.16. The Labute approximate surface area is 170 Å². The fourth-order valence-electron chi connectivity index (χ4n) is 4.58. The van der Waals surface area contributed by atoms with Crippen LogP contribution in [0.25, 0.3) is 10.2 Å². The van der Waals surface area contributed by atoms with E-state index in [0.717, 1.165) is 28.8 Å². The van der Waals surface area contributed by atoms with Crippen molar-refractivity contribution in [1.82, 2.24) is 14.4 Å². The third kappa shape index (κ3) is 3.50. The van der Waals surface area contributed by atoms with Gasteiger partial charge in [-0.1, -0.05) is 25.0 Å². The molecule has 2 aromatic rings. The summed E-state index contributed by atoms with van der Waals surface area (Å²) in [6.07, 6.45) is 8.49. The molecule has 0 N–H and O–H groups in total. The summed E-state index contributed by atoms with van der Waals surface area (Å²) < 4.78 is 2.11. The maximum Gasteiger partial charge on any atom is 0.270 e. The lowest BCUT2D eigenvalue weighted by Crippen LogP contribution is -2.56. The average Bonchev–Trinajstić information content (AvgIpc) is 3.42. The van der Waals surface area contributed by atoms with E-state index in [0.29, 0.717) is 32.1 Å². The first-order chi connectivity index (χ1) is 13.6. The number of hydrogen-bond donors (Lipinski definition) is 0. The van der Waals surface area contributed by atoms with Crippen molar-refractivity contribution in [3.05, 3.63) is 35.4 Å². The Morgan fingerprint density at radius 1 is 1.25 bits per heavy atom. The summed E-state index contributed by atoms with van der Waals surface area (Å²) in [5, 5.41) is 3.20. The van der Waals surface area contributed by atoms with Gasteiger partial charge in [0.1, 0.15) is 10.5 Å². The molecule has 0 aromatic carbocycles. The molecule has 0 unspecified atom stereocenters. The second kappa shape index (κ2) is 8.11. The Balaban J connectivity index is 1.50. The molecule has 1 atom stereocenters. The normalized spacial score (nSPS) is 21.3. The van der Waals surface area contributed by atoms with E-state index in [9.17, 15) is 9.59 Å². The summed E-state index contributed by atoms with van der Waals surface area (Å²) in [6.45, 7) is 6.65. The number of thiophene rings is 1. The Bertz CT molecular complexity index is 891. The van der Waals surface area contributed by atoms with Gasteiger partial charge < -0.3 is 14.4 Å². The zero-order valence-corrected chi connectivity index (χ0v) is 17.6. The van der Waals surface area contributed by atoms with Crippen LogP contribution in [0.4, 0.5) is 0 Å². The fourth-order valence-corrected chi connectivity index (χ4v) is 5.49. The Morgan fingerprint density at radius 3 is 2.75 bits per heavy atom. The van der Waals surface area contributed by atoms with E-state index in [-0.39, 0.29) is 17.9 Å². The van der Waals surface area contributed by atoms with Crippen LogP contribution in [0.1, 0.15) is 50.0 Å². The van der Waals surface area contributed by atoms with E-state index in [4.69, 9.17) is 0 Å². The summed E-state index contributed by atoms with van der Waals surface area (Å²) in [5.41, 5.74) is 0.753. The molecule has 0 radical (unpaired) electrons. The number of nitrogens with zero attached hydrogens (tertiary/aromatic N) is 3. The monoisotopic (exact) mass is 399 g/mol. The number of allylic oxidation sites excluding steroid dienone is 2. The van der Waals surface area contributed by atoms with Crippen molar-refractivity contribution in [2.45, 2.75) is 52.1 Å². The lowest BCUT2D eigenvalue weighted by Gasteiger charge is -2.41. The second-order valence-corrected chi connectivity index (χ2v) is 8.90. The highest BCUT2D eigenvalue weighted by atomic mass is 32.1. The lowest BCUT2D eigenvalue weighted by molar-refractivity contribution is -0.139. The van der Waals surface area contributed by atoms with Crippen LogP contribution < -0.4 is 0 Å². The highest BCUT2D eigenvalue weighted by Gasteiger charge is 2.35. The first-order valence-corrected chi connectivity index (χ1v) is 11.3. The van der Waals surface area contributed by atoms with E-state index >= 15 is 0 Å². The molecule has 0 bridgehead atoms. The summed E-state index contributed by atoms with van der Waals surface area (Å²) >= 11 is 1.67. The van der Waals surface area contributed by atoms with Gasteiger partial charge in [-0.3, -0.25) is 9.59 Å². The number of carbonyl (C=O) groups is 2. The summed E-state index contributed by atoms with van der Waals surface area (Å²) in [7, 11) is 0. The molecule has 2 amide bonds. The maximum atomic E-state index is 13.3. The molecule has 6 heteroatoms. The van der Waals surface area contributed by atoms with Crippen molar-refractivity contribution in [2.75, 3.05) is 19.6 Å². The lowest BCUT2D eigenvalue weighted by atomic mass is 10.0. The van der Waals surface area contributed by atoms with Crippen LogP contribution in [0.3, 0.4) is 0 Å². The average molecular weight is 400 g/mol. The van der Waals surface area contributed by atoms with Crippen LogP contribution in [-0.4, -0.2) is 51.9 Å². The van der Waals surface area contributed by atoms with E-state index < -0.39 is 0 Å². The van der Waals surface area contributed by atoms with Crippen molar-refractivity contribution in [1.29, 1.82) is 0 Å². The number of aromatic nitrogens is 1. The van der Waals surface area contributed by atoms with Crippen molar-refractivity contribution < 1.29 is 9.59 Å². The summed E-state index contributed by atoms with van der Waals surface area (Å²) in [6, 6.07) is 4.16. The molecular formula is C22H29N3O2S. The molecule has 1 saturated carbocycles. The smallest absolute Gasteiger partial charge is 0.270 e. The molecule has 4 rings (SSSR count). The predicted molar refractivity (Wildman–Crippen MR) is 114 cm³/mol. The van der Waals surface area contributed by atoms with Gasteiger partial charge in [0.15, 0.2) is 0 Å². The van der Waals surface area contributed by atoms with Gasteiger partial charge in [0.2, 0.25) is 5.91 Å². The number of rotatable bonds is 4. The fraction of sp³-hybridized carbons (Fsp3) is 0.545. The van der Waals surface area contributed by atoms with Gasteiger partial charge in [0, 0.05) is 43.5 Å². The summed E-state index contributed by atoms with van der Waals surface area (Å²) in [4.78, 5) is 31.2. The van der Waals surface area contributed by atoms with Gasteiger partial charge >= 0.3 is 0 Å². The van der Waals surface area contributed by atoms with Gasteiger partial charge in [0.05, 0.1) is 0 Å². The molecule has 5 nitrogen and oxygen atoms in total. The third-order valence-corrected chi connectivity index (χ3v) is 7.10. The van der Waals surface area contributed by atoms with Crippen molar-refractivity contribution in [3.63, 3.8) is 0 Å². The molecule has 2 fully saturated rings. The summed E-state index contributed by atoms with van der Waals surface area (Å²) in [5.74, 6) is 0.580. The van der Waals surface area contributed by atoms with E-state index in [2.05, 4.69) is 29.0 Å². The number of amides is 2. The number of fused-ring (bicyclic) bond motifs is 1. The van der Waals surface area contributed by atoms with Crippen LogP contribution in [0.2, 0.25) is 0 Å². The van der Waals surface area contributed by atoms with Gasteiger partial charge in [-0.25, -0.2) is 0 Å². The minimum Gasteiger partial charge on any atom is -0.336 e. The van der Waals surface area contributed by atoms with Crippen LogP contribution in [0.5, 0.6) is 0 Å². The van der Waals surface area contributed by atoms with Crippen molar-refractivity contribution >= 4 is 33.4 Å². The standard InChI is InChI=1S/C22H29N3O2S/c1-3-4-10-25-19(14-18-9-13-28-22(18)25)21(27)23-11-12-24(16(2)15-23)20(26)17-7-5-6-8-17/h3-4,9,13-14,16-17H,5-8,10-12,15H2,1-2H3/b4-3-/t16-/m1/s1. The SMILES string of the molecule is C/C=C\Cn1c(C(=O)N2CCN(C(=O)C3CCCC3)[C@H](C)C2)cc2ccsc21. The molecule has 3 heterocycles. The molecule has 1 aliphatic carbocycles. The second-order valence-electron chi connectivity index (χ2n) is 8.00. The molecule has 0 spiro atoms. The van der Waals surface area contributed by atoms with E-state index in [1.165, 1.54) is 12.8 Å². The minimum atomic E-state index is 0.0749. The first-order valence-electron chi connectivity index (χ1n) is 10.4. The van der Waals surface area contributed by atoms with Crippen LogP contribution in [0.15, 0.2) is 29.7 Å². The molecule has 1 aliphatic heterocycles. The largest absolute Gasteiger partial charge is 0.336 e. The highest BCUT2D eigenvalue weighted by Crippen LogP contribution is 2.29. The van der Waals surface area contributed by atoms with Crippen molar-refractivity contribution in [3.8, 4) is 0 Å². The molecule has 1 saturated heterocycles. The number of carbonyl (C=O) groups excluding carboxylic acids is 2. The zero-order chi connectivity index (χ0) is 19.7. The molecule has 2 aromatic heterocycles. The van der Waals surface area contributed by atoms with Crippen LogP contribution in [-0.2, 0) is 11.3 Å². The number of piperazine rings is 1. The molecule has 2 aliphatic rings. The van der Waals surface area contributed by atoms with E-state index in [1.807, 2.05) is 28.9 Å². The Kier molecular flexibility index (Phi) is 5.58. The topological polar surface area (TPSA) is 45.6 Å². The molecule has 28 heavy (non-hydrogen) atoms. The van der Waals surface area contributed by atoms with Gasteiger partial charge in [-0.2, -0.15) is 0 Å². The van der Waals surface area contributed by atoms with Gasteiger partial charge in [-0.05, 0) is 44.2 Å². The van der Waals surface area contributed by atoms with Gasteiger partial charge in [-0.15, -0.1) is 11.3 Å². The quantitative estimate of drug-likeness (QED) is 0.725. The molecule has 150 valence electrons. The van der Waals surface area contributed by atoms with Crippen LogP contribution >= 0.6 is 11.3 Å². The maximum absolute atomic E-state index is 13.3. The van der Waals surface area contributed by atoms with E-state index in [1.54, 1.807) is 11.3 Å². The Hall–Kier alpha value is -2.08. The zero-order valence-electron chi connectivity index (χ0n) is 16.8. The van der Waals surface area contributed by atoms with Gasteiger partial charge in [0.25, 0.3) is 5.91 Å². The third-order valence-electron chi connectivity index (χ3n) is 6.15. The Morgan fingerprint density at radius 2 is 2.04 bits per heavy atom. The minimum absolute atomic E-state index is 0.0749. The molecular weight excluding hydrogens is 370 g/mol. The van der Waals surface area contributed by atoms with Crippen molar-refractivity contribution in [2.24, 2.45) is 5.92 Å². The first kappa shape index (κ1) is 19.2. The van der Waals surface area contributed by atoms with Crippen LogP contribution in [0, 0.1) is 5.92 Å². The number of hydrogen-bond acceptors (Lipinski definition) is 3. The predicted octanol–water partition coefficient (Wildman–Crippen LogP) is 4.14.